The number of carbonyl (C=O) groups excluding carboxylic acids is 1. The van der Waals surface area contributed by atoms with Crippen molar-refractivity contribution in [3.63, 3.8) is 0 Å². The molecule has 112 valence electrons. The lowest BCUT2D eigenvalue weighted by atomic mass is 9.79. The second kappa shape index (κ2) is 8.09. The van der Waals surface area contributed by atoms with Gasteiger partial charge in [0.25, 0.3) is 0 Å². The molecule has 1 aromatic rings. The average molecular weight is 303 g/mol. The van der Waals surface area contributed by atoms with Gasteiger partial charge in [-0.1, -0.05) is 30.3 Å². The molecule has 0 saturated heterocycles. The van der Waals surface area contributed by atoms with E-state index in [1.165, 1.54) is 12.7 Å². The van der Waals surface area contributed by atoms with Crippen molar-refractivity contribution in [2.45, 2.75) is 36.9 Å². The minimum absolute atomic E-state index is 0.104. The highest BCUT2D eigenvalue weighted by atomic mass is 32.2. The first-order chi connectivity index (χ1) is 10.2. The van der Waals surface area contributed by atoms with Gasteiger partial charge in [-0.25, -0.2) is 0 Å². The summed E-state index contributed by atoms with van der Waals surface area (Å²) in [5.41, 5.74) is 1.37. The van der Waals surface area contributed by atoms with E-state index in [2.05, 4.69) is 35.1 Å². The maximum Gasteiger partial charge on any atom is 0.306 e. The number of benzene rings is 1. The minimum atomic E-state index is -0.175. The lowest BCUT2D eigenvalue weighted by molar-refractivity contribution is -0.140. The molecule has 3 nitrogen and oxygen atoms in total. The van der Waals surface area contributed by atoms with Crippen LogP contribution in [0.15, 0.2) is 30.3 Å². The highest BCUT2D eigenvalue weighted by Gasteiger charge is 2.31. The van der Waals surface area contributed by atoms with E-state index in [0.717, 1.165) is 25.0 Å². The molecule has 21 heavy (non-hydrogen) atoms. The van der Waals surface area contributed by atoms with Gasteiger partial charge >= 0.3 is 5.97 Å². The van der Waals surface area contributed by atoms with E-state index in [4.69, 9.17) is 0 Å². The van der Waals surface area contributed by atoms with Crippen molar-refractivity contribution in [3.05, 3.63) is 35.9 Å². The van der Waals surface area contributed by atoms with Crippen LogP contribution < -0.4 is 0 Å². The summed E-state index contributed by atoms with van der Waals surface area (Å²) in [5, 5.41) is 9.64. The molecule has 0 radical (unpaired) electrons. The highest BCUT2D eigenvalue weighted by molar-refractivity contribution is 7.99. The van der Waals surface area contributed by atoms with E-state index < -0.39 is 0 Å². The Hall–Kier alpha value is -1.47. The van der Waals surface area contributed by atoms with Crippen LogP contribution in [0, 0.1) is 17.2 Å². The largest absolute Gasteiger partial charge is 0.469 e. The van der Waals surface area contributed by atoms with Crippen molar-refractivity contribution >= 4 is 17.7 Å². The fraction of sp³-hybridized carbons (Fsp3) is 0.529. The van der Waals surface area contributed by atoms with Crippen molar-refractivity contribution in [2.24, 2.45) is 5.92 Å². The Bertz CT molecular complexity index is 497. The summed E-state index contributed by atoms with van der Waals surface area (Å²) in [4.78, 5) is 11.2. The van der Waals surface area contributed by atoms with E-state index in [0.29, 0.717) is 17.6 Å². The van der Waals surface area contributed by atoms with Gasteiger partial charge in [-0.2, -0.15) is 17.0 Å². The molecule has 3 unspecified atom stereocenters. The van der Waals surface area contributed by atoms with Crippen LogP contribution in [0.25, 0.3) is 0 Å². The summed E-state index contributed by atoms with van der Waals surface area (Å²) >= 11 is 1.75. The molecule has 0 aliphatic heterocycles. The maximum atomic E-state index is 11.2. The number of thioether (sulfide) groups is 1. The number of carbonyl (C=O) groups is 1. The van der Waals surface area contributed by atoms with E-state index >= 15 is 0 Å². The van der Waals surface area contributed by atoms with Crippen molar-refractivity contribution in [1.82, 2.24) is 0 Å². The molecule has 0 heterocycles. The van der Waals surface area contributed by atoms with Crippen LogP contribution >= 0.6 is 11.8 Å². The molecule has 0 amide bonds. The maximum absolute atomic E-state index is 11.2. The number of ether oxygens (including phenoxy) is 1. The van der Waals surface area contributed by atoms with E-state index in [1.807, 2.05) is 6.07 Å². The first-order valence-corrected chi connectivity index (χ1v) is 8.42. The molecule has 4 heteroatoms. The van der Waals surface area contributed by atoms with Gasteiger partial charge in [0.1, 0.15) is 0 Å². The first-order valence-electron chi connectivity index (χ1n) is 7.37. The molecular formula is C17H21NO2S. The summed E-state index contributed by atoms with van der Waals surface area (Å²) in [6.07, 6.45) is 3.47. The molecule has 1 aromatic carbocycles. The fourth-order valence-electron chi connectivity index (χ4n) is 2.88. The lowest BCUT2D eigenvalue weighted by Gasteiger charge is -2.32. The van der Waals surface area contributed by atoms with Crippen LogP contribution in [-0.2, 0) is 9.53 Å². The molecule has 0 bridgehead atoms. The predicted octanol–water partition coefficient (Wildman–Crippen LogP) is 3.76. The molecule has 1 aliphatic rings. The molecule has 1 fully saturated rings. The number of esters is 1. The Morgan fingerprint density at radius 2 is 2.14 bits per heavy atom. The Labute approximate surface area is 130 Å². The zero-order chi connectivity index (χ0) is 15.1. The van der Waals surface area contributed by atoms with Crippen molar-refractivity contribution < 1.29 is 9.53 Å². The van der Waals surface area contributed by atoms with Gasteiger partial charge in [0.05, 0.1) is 25.5 Å². The second-order valence-electron chi connectivity index (χ2n) is 5.39. The third-order valence-corrected chi connectivity index (χ3v) is 5.48. The van der Waals surface area contributed by atoms with Crippen LogP contribution in [0.4, 0.5) is 0 Å². The first kappa shape index (κ1) is 15.9. The standard InChI is InChI=1S/C17H21NO2S/c1-20-17(19)9-10-21-16-11-14(7-8-15(16)12-18)13-5-3-2-4-6-13/h2-6,14-16H,7-11H2,1H3. The molecule has 0 spiro atoms. The van der Waals surface area contributed by atoms with Crippen molar-refractivity contribution in [1.29, 1.82) is 5.26 Å². The minimum Gasteiger partial charge on any atom is -0.469 e. The monoisotopic (exact) mass is 303 g/mol. The smallest absolute Gasteiger partial charge is 0.306 e. The van der Waals surface area contributed by atoms with Crippen molar-refractivity contribution in [3.8, 4) is 6.07 Å². The fourth-order valence-corrected chi connectivity index (χ4v) is 4.27. The molecular weight excluding hydrogens is 282 g/mol. The van der Waals surface area contributed by atoms with Gasteiger partial charge in [-0.3, -0.25) is 4.79 Å². The number of hydrogen-bond donors (Lipinski definition) is 0. The zero-order valence-corrected chi connectivity index (χ0v) is 13.1. The summed E-state index contributed by atoms with van der Waals surface area (Å²) in [5.74, 6) is 1.20. The Morgan fingerprint density at radius 1 is 1.38 bits per heavy atom. The lowest BCUT2D eigenvalue weighted by Crippen LogP contribution is -2.26. The molecule has 1 aliphatic carbocycles. The number of hydrogen-bond acceptors (Lipinski definition) is 4. The molecule has 1 saturated carbocycles. The summed E-state index contributed by atoms with van der Waals surface area (Å²) in [6.45, 7) is 0. The Morgan fingerprint density at radius 3 is 2.81 bits per heavy atom. The predicted molar refractivity (Wildman–Crippen MR) is 85.0 cm³/mol. The molecule has 2 rings (SSSR count). The van der Waals surface area contributed by atoms with Gasteiger partial charge in [-0.15, -0.1) is 0 Å². The quantitative estimate of drug-likeness (QED) is 0.777. The third-order valence-electron chi connectivity index (χ3n) is 4.09. The topological polar surface area (TPSA) is 50.1 Å². The number of methoxy groups -OCH3 is 1. The van der Waals surface area contributed by atoms with Crippen LogP contribution in [0.3, 0.4) is 0 Å². The van der Waals surface area contributed by atoms with E-state index in [1.54, 1.807) is 11.8 Å². The molecule has 0 N–H and O–H groups in total. The van der Waals surface area contributed by atoms with Crippen LogP contribution in [-0.4, -0.2) is 24.1 Å². The zero-order valence-electron chi connectivity index (χ0n) is 12.3. The summed E-state index contributed by atoms with van der Waals surface area (Å²) in [7, 11) is 1.41. The van der Waals surface area contributed by atoms with E-state index in [-0.39, 0.29) is 11.9 Å². The van der Waals surface area contributed by atoms with Gasteiger partial charge in [0.2, 0.25) is 0 Å². The summed E-state index contributed by atoms with van der Waals surface area (Å²) < 4.78 is 4.67. The van der Waals surface area contributed by atoms with Gasteiger partial charge in [0.15, 0.2) is 0 Å². The van der Waals surface area contributed by atoms with E-state index in [9.17, 15) is 10.1 Å². The second-order valence-corrected chi connectivity index (χ2v) is 6.74. The summed E-state index contributed by atoms with van der Waals surface area (Å²) in [6, 6.07) is 13.0. The van der Waals surface area contributed by atoms with Crippen molar-refractivity contribution in [2.75, 3.05) is 12.9 Å². The number of rotatable bonds is 5. The number of nitrogens with zero attached hydrogens (tertiary/aromatic N) is 1. The van der Waals surface area contributed by atoms with Gasteiger partial charge < -0.3 is 4.74 Å². The highest BCUT2D eigenvalue weighted by Crippen LogP contribution is 2.41. The Kier molecular flexibility index (Phi) is 6.13. The van der Waals surface area contributed by atoms with Crippen LogP contribution in [0.5, 0.6) is 0 Å². The van der Waals surface area contributed by atoms with Crippen LogP contribution in [0.1, 0.15) is 37.2 Å². The molecule has 3 atom stereocenters. The SMILES string of the molecule is COC(=O)CCSC1CC(c2ccccc2)CCC1C#N. The number of nitriles is 1. The third kappa shape index (κ3) is 4.50. The normalized spacial score (nSPS) is 25.0. The van der Waals surface area contributed by atoms with Gasteiger partial charge in [0, 0.05) is 11.0 Å². The van der Waals surface area contributed by atoms with Gasteiger partial charge in [-0.05, 0) is 30.7 Å². The van der Waals surface area contributed by atoms with Crippen LogP contribution in [0.2, 0.25) is 0 Å². The molecule has 0 aromatic heterocycles. The Balaban J connectivity index is 1.93. The average Bonchev–Trinajstić information content (AvgIpc) is 2.55.